The predicted molar refractivity (Wildman–Crippen MR) is 84.1 cm³/mol. The fraction of sp³-hybridized carbons (Fsp3) is 0.562. The van der Waals surface area contributed by atoms with Crippen LogP contribution in [0.15, 0.2) is 24.3 Å². The molecular formula is C16H24N4O. The Bertz CT molecular complexity index is 541. The van der Waals surface area contributed by atoms with E-state index in [2.05, 4.69) is 16.0 Å². The maximum Gasteiger partial charge on any atom is 0.111 e. The van der Waals surface area contributed by atoms with Crippen LogP contribution in [-0.2, 0) is 0 Å². The van der Waals surface area contributed by atoms with E-state index in [0.717, 1.165) is 49.3 Å². The maximum atomic E-state index is 9.02. The molecule has 0 amide bonds. The van der Waals surface area contributed by atoms with Gasteiger partial charge in [0.25, 0.3) is 0 Å². The number of nitrogens with one attached hydrogen (secondary N) is 1. The number of aromatic nitrogens is 2. The minimum absolute atomic E-state index is 0.245. The molecule has 0 saturated carbocycles. The van der Waals surface area contributed by atoms with Gasteiger partial charge in [-0.3, -0.25) is 0 Å². The van der Waals surface area contributed by atoms with Crippen LogP contribution in [0, 0.1) is 5.92 Å². The molecule has 1 atom stereocenters. The normalized spacial score (nSPS) is 19.1. The molecule has 1 aromatic heterocycles. The number of β-amino-alcohol motifs (C(OH)–C–C–N with tert-alkyl or cyclic N) is 1. The van der Waals surface area contributed by atoms with E-state index in [9.17, 15) is 0 Å². The first-order chi connectivity index (χ1) is 10.3. The number of aliphatic hydroxyl groups excluding tert-OH is 1. The molecule has 1 fully saturated rings. The summed E-state index contributed by atoms with van der Waals surface area (Å²) >= 11 is 0. The van der Waals surface area contributed by atoms with Crippen LogP contribution in [0.25, 0.3) is 11.0 Å². The number of hydrogen-bond donors (Lipinski definition) is 3. The second-order valence-corrected chi connectivity index (χ2v) is 5.88. The minimum atomic E-state index is 0.245. The number of imidazole rings is 1. The molecule has 0 spiro atoms. The maximum absolute atomic E-state index is 9.02. The van der Waals surface area contributed by atoms with E-state index in [1.54, 1.807) is 0 Å². The van der Waals surface area contributed by atoms with Crippen molar-refractivity contribution >= 4 is 11.0 Å². The van der Waals surface area contributed by atoms with Crippen molar-refractivity contribution in [2.45, 2.75) is 18.8 Å². The Morgan fingerprint density at radius 1 is 1.33 bits per heavy atom. The van der Waals surface area contributed by atoms with Crippen molar-refractivity contribution in [1.29, 1.82) is 0 Å². The first kappa shape index (κ1) is 14.5. The number of H-pyrrole nitrogens is 1. The fourth-order valence-corrected chi connectivity index (χ4v) is 3.40. The van der Waals surface area contributed by atoms with Crippen LogP contribution in [0.3, 0.4) is 0 Å². The zero-order chi connectivity index (χ0) is 14.7. The third-order valence-electron chi connectivity index (χ3n) is 4.63. The molecule has 3 rings (SSSR count). The molecular weight excluding hydrogens is 264 g/mol. The monoisotopic (exact) mass is 288 g/mol. The molecule has 114 valence electrons. The number of fused-ring (bicyclic) bond motifs is 1. The van der Waals surface area contributed by atoms with Crippen LogP contribution in [0.5, 0.6) is 0 Å². The molecule has 0 bridgehead atoms. The second-order valence-electron chi connectivity index (χ2n) is 5.88. The minimum Gasteiger partial charge on any atom is -0.395 e. The van der Waals surface area contributed by atoms with Crippen LogP contribution in [0.4, 0.5) is 0 Å². The average molecular weight is 288 g/mol. The number of benzene rings is 1. The van der Waals surface area contributed by atoms with Crippen molar-refractivity contribution in [3.63, 3.8) is 0 Å². The van der Waals surface area contributed by atoms with Crippen molar-refractivity contribution in [3.8, 4) is 0 Å². The molecule has 0 radical (unpaired) electrons. The fourth-order valence-electron chi connectivity index (χ4n) is 3.40. The van der Waals surface area contributed by atoms with E-state index in [-0.39, 0.29) is 6.61 Å². The lowest BCUT2D eigenvalue weighted by molar-refractivity contribution is 0.137. The van der Waals surface area contributed by atoms with Gasteiger partial charge in [-0.1, -0.05) is 12.1 Å². The Morgan fingerprint density at radius 3 is 2.76 bits per heavy atom. The van der Waals surface area contributed by atoms with Gasteiger partial charge in [-0.25, -0.2) is 4.98 Å². The summed E-state index contributed by atoms with van der Waals surface area (Å²) in [5.74, 6) is 1.90. The summed E-state index contributed by atoms with van der Waals surface area (Å²) < 4.78 is 0. The quantitative estimate of drug-likeness (QED) is 0.775. The molecule has 5 heteroatoms. The van der Waals surface area contributed by atoms with Gasteiger partial charge in [-0.15, -0.1) is 0 Å². The first-order valence-corrected chi connectivity index (χ1v) is 7.79. The van der Waals surface area contributed by atoms with Gasteiger partial charge in [0.2, 0.25) is 0 Å². The molecule has 1 aliphatic heterocycles. The van der Waals surface area contributed by atoms with Crippen molar-refractivity contribution in [3.05, 3.63) is 30.1 Å². The van der Waals surface area contributed by atoms with Gasteiger partial charge in [0.1, 0.15) is 5.82 Å². The number of nitrogens with two attached hydrogens (primary N) is 1. The lowest BCUT2D eigenvalue weighted by atomic mass is 9.83. The highest BCUT2D eigenvalue weighted by atomic mass is 16.3. The number of para-hydroxylation sites is 2. The molecule has 2 heterocycles. The van der Waals surface area contributed by atoms with Gasteiger partial charge in [0, 0.05) is 19.0 Å². The summed E-state index contributed by atoms with van der Waals surface area (Å²) in [4.78, 5) is 10.5. The molecule has 1 aromatic carbocycles. The first-order valence-electron chi connectivity index (χ1n) is 7.79. The molecule has 4 N–H and O–H groups in total. The average Bonchev–Trinajstić information content (AvgIpc) is 2.93. The van der Waals surface area contributed by atoms with Gasteiger partial charge in [-0.05, 0) is 44.0 Å². The van der Waals surface area contributed by atoms with Gasteiger partial charge in [0.05, 0.1) is 17.6 Å². The summed E-state index contributed by atoms with van der Waals surface area (Å²) in [6.07, 6.45) is 2.25. The molecule has 21 heavy (non-hydrogen) atoms. The highest BCUT2D eigenvalue weighted by Gasteiger charge is 2.28. The van der Waals surface area contributed by atoms with Crippen LogP contribution < -0.4 is 5.73 Å². The standard InChI is InChI=1S/C16H24N4O/c17-11-13(12-5-7-20(8-6-12)9-10-21)16-18-14-3-1-2-4-15(14)19-16/h1-4,12-13,21H,5-11,17H2,(H,18,19). The summed E-state index contributed by atoms with van der Waals surface area (Å²) in [5.41, 5.74) is 8.14. The van der Waals surface area contributed by atoms with E-state index in [1.807, 2.05) is 18.2 Å². The number of aliphatic hydroxyl groups is 1. The summed E-state index contributed by atoms with van der Waals surface area (Å²) in [5, 5.41) is 9.02. The van der Waals surface area contributed by atoms with Crippen LogP contribution in [-0.4, -0.2) is 52.8 Å². The number of likely N-dealkylation sites (tertiary alicyclic amines) is 1. The molecule has 5 nitrogen and oxygen atoms in total. The zero-order valence-corrected chi connectivity index (χ0v) is 12.3. The van der Waals surface area contributed by atoms with Gasteiger partial charge >= 0.3 is 0 Å². The van der Waals surface area contributed by atoms with E-state index in [1.165, 1.54) is 0 Å². The van der Waals surface area contributed by atoms with Crippen molar-refractivity contribution in [2.24, 2.45) is 11.7 Å². The third-order valence-corrected chi connectivity index (χ3v) is 4.63. The number of rotatable bonds is 5. The molecule has 2 aromatic rings. The lowest BCUT2D eigenvalue weighted by Gasteiger charge is -2.34. The van der Waals surface area contributed by atoms with Gasteiger partial charge in [0.15, 0.2) is 0 Å². The summed E-state index contributed by atoms with van der Waals surface area (Å²) in [6, 6.07) is 8.13. The molecule has 1 unspecified atom stereocenters. The van der Waals surface area contributed by atoms with Crippen molar-refractivity contribution < 1.29 is 5.11 Å². The Kier molecular flexibility index (Phi) is 4.53. The second kappa shape index (κ2) is 6.56. The van der Waals surface area contributed by atoms with E-state index < -0.39 is 0 Å². The van der Waals surface area contributed by atoms with Crippen molar-refractivity contribution in [1.82, 2.24) is 14.9 Å². The Labute approximate surface area is 125 Å². The third kappa shape index (κ3) is 3.10. The number of aromatic amines is 1. The largest absolute Gasteiger partial charge is 0.395 e. The zero-order valence-electron chi connectivity index (χ0n) is 12.3. The Hall–Kier alpha value is -1.43. The Balaban J connectivity index is 1.73. The molecule has 1 saturated heterocycles. The predicted octanol–water partition coefficient (Wildman–Crippen LogP) is 1.31. The highest BCUT2D eigenvalue weighted by Crippen LogP contribution is 2.31. The SMILES string of the molecule is NCC(c1nc2ccccc2[nH]1)C1CCN(CCO)CC1. The van der Waals surface area contributed by atoms with E-state index in [0.29, 0.717) is 18.4 Å². The number of nitrogens with zero attached hydrogens (tertiary/aromatic N) is 2. The molecule has 1 aliphatic rings. The van der Waals surface area contributed by atoms with Crippen molar-refractivity contribution in [2.75, 3.05) is 32.8 Å². The number of piperidine rings is 1. The van der Waals surface area contributed by atoms with Gasteiger partial charge in [-0.2, -0.15) is 0 Å². The van der Waals surface area contributed by atoms with Gasteiger partial charge < -0.3 is 20.7 Å². The van der Waals surface area contributed by atoms with Crippen LogP contribution in [0.1, 0.15) is 24.6 Å². The summed E-state index contributed by atoms with van der Waals surface area (Å²) in [6.45, 7) is 3.74. The van der Waals surface area contributed by atoms with E-state index in [4.69, 9.17) is 15.8 Å². The number of hydrogen-bond acceptors (Lipinski definition) is 4. The lowest BCUT2D eigenvalue weighted by Crippen LogP contribution is -2.38. The highest BCUT2D eigenvalue weighted by molar-refractivity contribution is 5.74. The smallest absolute Gasteiger partial charge is 0.111 e. The van der Waals surface area contributed by atoms with Crippen LogP contribution in [0.2, 0.25) is 0 Å². The Morgan fingerprint density at radius 2 is 2.10 bits per heavy atom. The van der Waals surface area contributed by atoms with Crippen LogP contribution >= 0.6 is 0 Å². The van der Waals surface area contributed by atoms with E-state index >= 15 is 0 Å². The topological polar surface area (TPSA) is 78.2 Å². The summed E-state index contributed by atoms with van der Waals surface area (Å²) in [7, 11) is 0. The molecule has 0 aliphatic carbocycles.